The monoisotopic (exact) mass is 282 g/mol. The van der Waals surface area contributed by atoms with Crippen LogP contribution >= 0.6 is 0 Å². The summed E-state index contributed by atoms with van der Waals surface area (Å²) in [5, 5.41) is 10.6. The predicted octanol–water partition coefficient (Wildman–Crippen LogP) is 1.87. The van der Waals surface area contributed by atoms with Crippen LogP contribution in [0.2, 0.25) is 0 Å². The van der Waals surface area contributed by atoms with E-state index >= 15 is 0 Å². The van der Waals surface area contributed by atoms with E-state index in [1.54, 1.807) is 0 Å². The summed E-state index contributed by atoms with van der Waals surface area (Å²) in [7, 11) is 1.34. The Labute approximate surface area is 115 Å². The van der Waals surface area contributed by atoms with Crippen LogP contribution in [-0.4, -0.2) is 35.5 Å². The molecule has 1 aromatic rings. The third-order valence-electron chi connectivity index (χ3n) is 3.43. The van der Waals surface area contributed by atoms with Crippen LogP contribution in [0.15, 0.2) is 18.2 Å². The van der Waals surface area contributed by atoms with Gasteiger partial charge in [-0.2, -0.15) is 4.39 Å². The number of hydrogen-bond donors (Lipinski definition) is 0. The first-order chi connectivity index (χ1) is 9.52. The number of hydrogen-bond acceptors (Lipinski definition) is 5. The largest absolute Gasteiger partial charge is 0.468 e. The maximum absolute atomic E-state index is 13.5. The van der Waals surface area contributed by atoms with Crippen molar-refractivity contribution in [1.29, 1.82) is 0 Å². The molecule has 0 bridgehead atoms. The Hall–Kier alpha value is -2.02. The molecule has 1 unspecified atom stereocenters. The van der Waals surface area contributed by atoms with Gasteiger partial charge in [0.1, 0.15) is 6.04 Å². The maximum atomic E-state index is 13.5. The van der Waals surface area contributed by atoms with Gasteiger partial charge >= 0.3 is 11.7 Å². The van der Waals surface area contributed by atoms with E-state index in [0.717, 1.165) is 25.1 Å². The lowest BCUT2D eigenvalue weighted by Crippen LogP contribution is -2.36. The van der Waals surface area contributed by atoms with E-state index < -0.39 is 16.4 Å². The summed E-state index contributed by atoms with van der Waals surface area (Å²) >= 11 is 0. The van der Waals surface area contributed by atoms with Gasteiger partial charge in [-0.15, -0.1) is 0 Å². The highest BCUT2D eigenvalue weighted by molar-refractivity contribution is 5.75. The third kappa shape index (κ3) is 2.93. The van der Waals surface area contributed by atoms with Gasteiger partial charge in [0, 0.05) is 12.6 Å². The lowest BCUT2D eigenvalue weighted by Gasteiger charge is -2.22. The summed E-state index contributed by atoms with van der Waals surface area (Å²) < 4.78 is 18.3. The SMILES string of the molecule is COC(=O)C1CCCN1Cc1ccc([N+](=O)[O-])c(F)c1. The van der Waals surface area contributed by atoms with Gasteiger partial charge in [0.25, 0.3) is 0 Å². The molecular formula is C13H15FN2O4. The number of ether oxygens (including phenoxy) is 1. The number of rotatable bonds is 4. The van der Waals surface area contributed by atoms with Crippen molar-refractivity contribution in [3.8, 4) is 0 Å². The number of halogens is 1. The molecular weight excluding hydrogens is 267 g/mol. The standard InChI is InChI=1S/C13H15FN2O4/c1-20-13(17)12-3-2-6-15(12)8-9-4-5-11(16(18)19)10(14)7-9/h4-5,7,12H,2-3,6,8H2,1H3. The second kappa shape index (κ2) is 5.96. The first-order valence-corrected chi connectivity index (χ1v) is 6.27. The molecule has 0 aromatic heterocycles. The molecule has 2 rings (SSSR count). The van der Waals surface area contributed by atoms with E-state index in [1.807, 2.05) is 4.90 Å². The number of benzene rings is 1. The highest BCUT2D eigenvalue weighted by Gasteiger charge is 2.31. The fourth-order valence-electron chi connectivity index (χ4n) is 2.45. The summed E-state index contributed by atoms with van der Waals surface area (Å²) in [6.07, 6.45) is 1.58. The zero-order chi connectivity index (χ0) is 14.7. The Morgan fingerprint density at radius 1 is 1.60 bits per heavy atom. The quantitative estimate of drug-likeness (QED) is 0.479. The number of nitro groups is 1. The smallest absolute Gasteiger partial charge is 0.323 e. The van der Waals surface area contributed by atoms with Gasteiger partial charge in [-0.05, 0) is 31.0 Å². The van der Waals surface area contributed by atoms with Crippen molar-refractivity contribution in [2.45, 2.75) is 25.4 Å². The van der Waals surface area contributed by atoms with Crippen molar-refractivity contribution in [1.82, 2.24) is 4.90 Å². The molecule has 0 radical (unpaired) electrons. The van der Waals surface area contributed by atoms with Crippen molar-refractivity contribution in [3.63, 3.8) is 0 Å². The van der Waals surface area contributed by atoms with Crippen LogP contribution in [0, 0.1) is 15.9 Å². The van der Waals surface area contributed by atoms with Gasteiger partial charge in [-0.1, -0.05) is 6.07 Å². The van der Waals surface area contributed by atoms with Crippen LogP contribution < -0.4 is 0 Å². The maximum Gasteiger partial charge on any atom is 0.323 e. The molecule has 0 N–H and O–H groups in total. The van der Waals surface area contributed by atoms with Gasteiger partial charge in [-0.3, -0.25) is 19.8 Å². The van der Waals surface area contributed by atoms with Crippen molar-refractivity contribution in [2.75, 3.05) is 13.7 Å². The van der Waals surface area contributed by atoms with E-state index in [4.69, 9.17) is 4.74 Å². The molecule has 7 heteroatoms. The first kappa shape index (κ1) is 14.4. The molecule has 0 amide bonds. The van der Waals surface area contributed by atoms with Crippen molar-refractivity contribution in [2.24, 2.45) is 0 Å². The van der Waals surface area contributed by atoms with Crippen LogP contribution in [0.1, 0.15) is 18.4 Å². The van der Waals surface area contributed by atoms with Crippen molar-refractivity contribution in [3.05, 3.63) is 39.7 Å². The number of esters is 1. The predicted molar refractivity (Wildman–Crippen MR) is 68.5 cm³/mol. The minimum atomic E-state index is -0.860. The van der Waals surface area contributed by atoms with Crippen molar-refractivity contribution >= 4 is 11.7 Å². The summed E-state index contributed by atoms with van der Waals surface area (Å²) in [5.41, 5.74) is 0.0589. The van der Waals surface area contributed by atoms with Gasteiger partial charge in [0.05, 0.1) is 12.0 Å². The molecule has 20 heavy (non-hydrogen) atoms. The van der Waals surface area contributed by atoms with Gasteiger partial charge in [-0.25, -0.2) is 0 Å². The molecule has 108 valence electrons. The van der Waals surface area contributed by atoms with Crippen LogP contribution in [0.5, 0.6) is 0 Å². The molecule has 1 aliphatic heterocycles. The lowest BCUT2D eigenvalue weighted by molar-refractivity contribution is -0.387. The Bertz CT molecular complexity index is 535. The summed E-state index contributed by atoms with van der Waals surface area (Å²) in [4.78, 5) is 23.3. The fraction of sp³-hybridized carbons (Fsp3) is 0.462. The zero-order valence-corrected chi connectivity index (χ0v) is 11.0. The van der Waals surface area contributed by atoms with E-state index in [2.05, 4.69) is 0 Å². The van der Waals surface area contributed by atoms with Crippen LogP contribution in [0.4, 0.5) is 10.1 Å². The first-order valence-electron chi connectivity index (χ1n) is 6.27. The Morgan fingerprint density at radius 2 is 2.35 bits per heavy atom. The van der Waals surface area contributed by atoms with Gasteiger partial charge in [0.2, 0.25) is 5.82 Å². The average molecular weight is 282 g/mol. The topological polar surface area (TPSA) is 72.7 Å². The second-order valence-electron chi connectivity index (χ2n) is 4.69. The number of nitrogens with zero attached hydrogens (tertiary/aromatic N) is 2. The summed E-state index contributed by atoms with van der Waals surface area (Å²) in [5.74, 6) is -1.16. The van der Waals surface area contributed by atoms with Gasteiger partial charge in [0.15, 0.2) is 0 Å². The molecule has 1 aromatic carbocycles. The van der Waals surface area contributed by atoms with Crippen LogP contribution in [0.25, 0.3) is 0 Å². The fourth-order valence-corrected chi connectivity index (χ4v) is 2.45. The molecule has 0 aliphatic carbocycles. The third-order valence-corrected chi connectivity index (χ3v) is 3.43. The molecule has 1 aliphatic rings. The normalized spacial score (nSPS) is 19.0. The van der Waals surface area contributed by atoms with Crippen LogP contribution in [-0.2, 0) is 16.1 Å². The molecule has 1 fully saturated rings. The lowest BCUT2D eigenvalue weighted by atomic mass is 10.1. The zero-order valence-electron chi connectivity index (χ0n) is 11.0. The molecule has 0 saturated carbocycles. The number of methoxy groups -OCH3 is 1. The molecule has 1 atom stereocenters. The molecule has 0 spiro atoms. The number of nitro benzene ring substituents is 1. The Balaban J connectivity index is 2.12. The highest BCUT2D eigenvalue weighted by Crippen LogP contribution is 2.23. The number of carbonyl (C=O) groups excluding carboxylic acids is 1. The summed E-state index contributed by atoms with van der Waals surface area (Å²) in [6, 6.07) is 3.48. The van der Waals surface area contributed by atoms with E-state index in [-0.39, 0.29) is 12.0 Å². The summed E-state index contributed by atoms with van der Waals surface area (Å²) in [6.45, 7) is 1.09. The molecule has 1 heterocycles. The molecule has 1 saturated heterocycles. The second-order valence-corrected chi connectivity index (χ2v) is 4.69. The molecule has 6 nitrogen and oxygen atoms in total. The number of likely N-dealkylation sites (tertiary alicyclic amines) is 1. The minimum absolute atomic E-state index is 0.301. The average Bonchev–Trinajstić information content (AvgIpc) is 2.85. The Morgan fingerprint density at radius 3 is 2.95 bits per heavy atom. The van der Waals surface area contributed by atoms with E-state index in [9.17, 15) is 19.3 Å². The highest BCUT2D eigenvalue weighted by atomic mass is 19.1. The minimum Gasteiger partial charge on any atom is -0.468 e. The number of carbonyl (C=O) groups is 1. The van der Waals surface area contributed by atoms with E-state index in [1.165, 1.54) is 13.2 Å². The van der Waals surface area contributed by atoms with E-state index in [0.29, 0.717) is 18.5 Å². The van der Waals surface area contributed by atoms with Crippen LogP contribution in [0.3, 0.4) is 0 Å². The van der Waals surface area contributed by atoms with Gasteiger partial charge < -0.3 is 4.74 Å². The van der Waals surface area contributed by atoms with Crippen molar-refractivity contribution < 1.29 is 18.8 Å². The Kier molecular flexibility index (Phi) is 4.29.